The molecule has 0 unspecified atom stereocenters. The fraction of sp³-hybridized carbons (Fsp3) is 0.579. The first-order chi connectivity index (χ1) is 12.2. The van der Waals surface area contributed by atoms with E-state index in [2.05, 4.69) is 17.5 Å². The maximum atomic E-state index is 11.8. The van der Waals surface area contributed by atoms with Crippen LogP contribution < -0.4 is 19.6 Å². The fourth-order valence-electron chi connectivity index (χ4n) is 2.52. The van der Waals surface area contributed by atoms with E-state index in [1.807, 2.05) is 0 Å². The highest BCUT2D eigenvalue weighted by Gasteiger charge is 2.14. The Kier molecular flexibility index (Phi) is 10.1. The van der Waals surface area contributed by atoms with Crippen molar-refractivity contribution in [3.63, 3.8) is 0 Å². The largest absolute Gasteiger partial charge is 0.493 e. The van der Waals surface area contributed by atoms with Gasteiger partial charge in [-0.25, -0.2) is 5.43 Å². The van der Waals surface area contributed by atoms with E-state index in [0.717, 1.165) is 12.8 Å². The Morgan fingerprint density at radius 2 is 1.68 bits per heavy atom. The standard InChI is InChI=1S/C19H30N2O4/c1-5-6-7-8-9-10-11-17(22)21-20-14-15-12-13-16(23-2)19(25-4)18(15)24-3/h12-14H,5-11H2,1-4H3,(H,21,22). The van der Waals surface area contributed by atoms with Gasteiger partial charge in [-0.15, -0.1) is 0 Å². The molecule has 0 bridgehead atoms. The quantitative estimate of drug-likeness (QED) is 0.352. The number of hydrazone groups is 1. The van der Waals surface area contributed by atoms with Gasteiger partial charge in [0.1, 0.15) is 0 Å². The summed E-state index contributed by atoms with van der Waals surface area (Å²) in [6, 6.07) is 3.56. The summed E-state index contributed by atoms with van der Waals surface area (Å²) >= 11 is 0. The van der Waals surface area contributed by atoms with Crippen molar-refractivity contribution in [2.75, 3.05) is 21.3 Å². The number of nitrogens with one attached hydrogen (secondary N) is 1. The molecule has 6 heteroatoms. The molecule has 0 saturated heterocycles. The molecule has 0 radical (unpaired) electrons. The lowest BCUT2D eigenvalue weighted by Gasteiger charge is -2.13. The number of methoxy groups -OCH3 is 3. The molecule has 1 aromatic carbocycles. The van der Waals surface area contributed by atoms with Gasteiger partial charge in [0.2, 0.25) is 11.7 Å². The van der Waals surface area contributed by atoms with Gasteiger partial charge in [0.25, 0.3) is 0 Å². The molecule has 25 heavy (non-hydrogen) atoms. The van der Waals surface area contributed by atoms with Crippen LogP contribution in [0.4, 0.5) is 0 Å². The molecule has 0 fully saturated rings. The van der Waals surface area contributed by atoms with Gasteiger partial charge in [-0.3, -0.25) is 4.79 Å². The van der Waals surface area contributed by atoms with Crippen LogP contribution in [0.15, 0.2) is 17.2 Å². The van der Waals surface area contributed by atoms with E-state index in [1.54, 1.807) is 39.7 Å². The normalized spacial score (nSPS) is 10.7. The maximum Gasteiger partial charge on any atom is 0.240 e. The van der Waals surface area contributed by atoms with Crippen LogP contribution in [-0.4, -0.2) is 33.5 Å². The van der Waals surface area contributed by atoms with Crippen LogP contribution in [-0.2, 0) is 4.79 Å². The van der Waals surface area contributed by atoms with Crippen molar-refractivity contribution >= 4 is 12.1 Å². The zero-order chi connectivity index (χ0) is 18.5. The lowest BCUT2D eigenvalue weighted by molar-refractivity contribution is -0.121. The number of unbranched alkanes of at least 4 members (excludes halogenated alkanes) is 5. The van der Waals surface area contributed by atoms with E-state index < -0.39 is 0 Å². The SMILES string of the molecule is CCCCCCCCC(=O)NN=Cc1ccc(OC)c(OC)c1OC. The highest BCUT2D eigenvalue weighted by Crippen LogP contribution is 2.38. The van der Waals surface area contributed by atoms with Crippen molar-refractivity contribution in [3.05, 3.63) is 17.7 Å². The predicted octanol–water partition coefficient (Wildman–Crippen LogP) is 3.91. The molecular weight excluding hydrogens is 320 g/mol. The lowest BCUT2D eigenvalue weighted by atomic mass is 10.1. The molecule has 0 atom stereocenters. The number of carbonyl (C=O) groups is 1. The van der Waals surface area contributed by atoms with E-state index >= 15 is 0 Å². The number of benzene rings is 1. The smallest absolute Gasteiger partial charge is 0.240 e. The molecule has 0 spiro atoms. The fourth-order valence-corrected chi connectivity index (χ4v) is 2.52. The molecular formula is C19H30N2O4. The number of ether oxygens (including phenoxy) is 3. The van der Waals surface area contributed by atoms with Crippen molar-refractivity contribution in [2.45, 2.75) is 51.9 Å². The van der Waals surface area contributed by atoms with Crippen molar-refractivity contribution in [1.82, 2.24) is 5.43 Å². The van der Waals surface area contributed by atoms with Gasteiger partial charge in [0.15, 0.2) is 11.5 Å². The molecule has 6 nitrogen and oxygen atoms in total. The van der Waals surface area contributed by atoms with Gasteiger partial charge in [0, 0.05) is 12.0 Å². The molecule has 0 heterocycles. The molecule has 140 valence electrons. The third-order valence-electron chi connectivity index (χ3n) is 3.88. The van der Waals surface area contributed by atoms with Gasteiger partial charge in [-0.2, -0.15) is 5.10 Å². The monoisotopic (exact) mass is 350 g/mol. The number of amides is 1. The minimum atomic E-state index is -0.0776. The van der Waals surface area contributed by atoms with Crippen LogP contribution in [0.2, 0.25) is 0 Å². The van der Waals surface area contributed by atoms with Crippen LogP contribution >= 0.6 is 0 Å². The molecule has 1 amide bonds. The third kappa shape index (κ3) is 7.03. The minimum absolute atomic E-state index is 0.0776. The Morgan fingerprint density at radius 1 is 1.00 bits per heavy atom. The van der Waals surface area contributed by atoms with E-state index in [4.69, 9.17) is 14.2 Å². The van der Waals surface area contributed by atoms with Gasteiger partial charge in [-0.1, -0.05) is 39.0 Å². The summed E-state index contributed by atoms with van der Waals surface area (Å²) in [6.45, 7) is 2.19. The number of carbonyl (C=O) groups excluding carboxylic acids is 1. The number of nitrogens with zero attached hydrogens (tertiary/aromatic N) is 1. The Hall–Kier alpha value is -2.24. The number of rotatable bonds is 12. The second-order valence-electron chi connectivity index (χ2n) is 5.73. The number of hydrogen-bond donors (Lipinski definition) is 1. The molecule has 0 aliphatic heterocycles. The van der Waals surface area contributed by atoms with Crippen LogP contribution in [0.5, 0.6) is 17.2 Å². The molecule has 0 aromatic heterocycles. The molecule has 0 aliphatic rings. The van der Waals surface area contributed by atoms with Crippen molar-refractivity contribution < 1.29 is 19.0 Å². The highest BCUT2D eigenvalue weighted by molar-refractivity contribution is 5.87. The highest BCUT2D eigenvalue weighted by atomic mass is 16.5. The van der Waals surface area contributed by atoms with Crippen molar-refractivity contribution in [1.29, 1.82) is 0 Å². The van der Waals surface area contributed by atoms with Gasteiger partial charge in [0.05, 0.1) is 27.5 Å². The maximum absolute atomic E-state index is 11.8. The van der Waals surface area contributed by atoms with E-state index in [0.29, 0.717) is 29.2 Å². The van der Waals surface area contributed by atoms with E-state index in [9.17, 15) is 4.79 Å². The minimum Gasteiger partial charge on any atom is -0.493 e. The van der Waals surface area contributed by atoms with Gasteiger partial charge < -0.3 is 14.2 Å². The second-order valence-corrected chi connectivity index (χ2v) is 5.73. The van der Waals surface area contributed by atoms with Crippen molar-refractivity contribution in [3.8, 4) is 17.2 Å². The van der Waals surface area contributed by atoms with Gasteiger partial charge >= 0.3 is 0 Å². The lowest BCUT2D eigenvalue weighted by Crippen LogP contribution is -2.17. The van der Waals surface area contributed by atoms with Crippen LogP contribution in [0.1, 0.15) is 57.4 Å². The summed E-state index contributed by atoms with van der Waals surface area (Å²) in [5.74, 6) is 1.50. The number of hydrogen-bond acceptors (Lipinski definition) is 5. The summed E-state index contributed by atoms with van der Waals surface area (Å²) in [7, 11) is 4.66. The first kappa shape index (κ1) is 20.8. The second kappa shape index (κ2) is 12.2. The Balaban J connectivity index is 2.51. The van der Waals surface area contributed by atoms with Gasteiger partial charge in [-0.05, 0) is 18.6 Å². The zero-order valence-electron chi connectivity index (χ0n) is 15.8. The van der Waals surface area contributed by atoms with Crippen molar-refractivity contribution in [2.24, 2.45) is 5.10 Å². The summed E-state index contributed by atoms with van der Waals surface area (Å²) in [6.07, 6.45) is 8.94. The summed E-state index contributed by atoms with van der Waals surface area (Å²) < 4.78 is 15.9. The summed E-state index contributed by atoms with van der Waals surface area (Å²) in [4.78, 5) is 11.8. The van der Waals surface area contributed by atoms with Crippen LogP contribution in [0.3, 0.4) is 0 Å². The third-order valence-corrected chi connectivity index (χ3v) is 3.88. The van der Waals surface area contributed by atoms with E-state index in [-0.39, 0.29) is 5.91 Å². The average Bonchev–Trinajstić information content (AvgIpc) is 2.63. The van der Waals surface area contributed by atoms with Crippen LogP contribution in [0.25, 0.3) is 0 Å². The first-order valence-corrected chi connectivity index (χ1v) is 8.78. The molecule has 1 rings (SSSR count). The van der Waals surface area contributed by atoms with Crippen LogP contribution in [0, 0.1) is 0 Å². The molecule has 0 aliphatic carbocycles. The molecule has 0 saturated carbocycles. The first-order valence-electron chi connectivity index (χ1n) is 8.78. The Bertz CT molecular complexity index is 559. The van der Waals surface area contributed by atoms with E-state index in [1.165, 1.54) is 25.7 Å². The zero-order valence-corrected chi connectivity index (χ0v) is 15.8. The topological polar surface area (TPSA) is 69.2 Å². The summed E-state index contributed by atoms with van der Waals surface area (Å²) in [5, 5.41) is 4.01. The Labute approximate surface area is 150 Å². The molecule has 1 aromatic rings. The average molecular weight is 350 g/mol. The summed E-state index contributed by atoms with van der Waals surface area (Å²) in [5.41, 5.74) is 3.25. The Morgan fingerprint density at radius 3 is 2.32 bits per heavy atom. The predicted molar refractivity (Wildman–Crippen MR) is 99.8 cm³/mol. The molecule has 1 N–H and O–H groups in total.